The van der Waals surface area contributed by atoms with Crippen LogP contribution in [0.25, 0.3) is 0 Å². The topological polar surface area (TPSA) is 111 Å². The molecule has 1 aliphatic rings. The van der Waals surface area contributed by atoms with Crippen LogP contribution in [0, 0.1) is 5.92 Å². The highest BCUT2D eigenvalue weighted by molar-refractivity contribution is 7.98. The van der Waals surface area contributed by atoms with E-state index in [1.165, 1.54) is 18.9 Å². The smallest absolute Gasteiger partial charge is 0.358 e. The van der Waals surface area contributed by atoms with E-state index < -0.39 is 5.97 Å². The molecule has 30 heavy (non-hydrogen) atoms. The van der Waals surface area contributed by atoms with Crippen LogP contribution in [0.1, 0.15) is 22.1 Å². The lowest BCUT2D eigenvalue weighted by Crippen LogP contribution is -2.25. The Morgan fingerprint density at radius 1 is 1.40 bits per heavy atom. The zero-order chi connectivity index (χ0) is 20.9. The van der Waals surface area contributed by atoms with Crippen LogP contribution in [-0.4, -0.2) is 50.5 Å². The number of thioether (sulfide) groups is 1. The Morgan fingerprint density at radius 3 is 3.03 bits per heavy atom. The molecule has 3 aromatic rings. The average Bonchev–Trinajstić information content (AvgIpc) is 3.51. The van der Waals surface area contributed by atoms with Crippen molar-refractivity contribution in [3.8, 4) is 0 Å². The van der Waals surface area contributed by atoms with Gasteiger partial charge in [0, 0.05) is 29.9 Å². The number of carbonyl (C=O) groups is 1. The first kappa shape index (κ1) is 20.5. The summed E-state index contributed by atoms with van der Waals surface area (Å²) in [5.41, 5.74) is 7.83. The number of hydrogen-bond donors (Lipinski definition) is 2. The molecule has 0 amide bonds. The number of carbonyl (C=O) groups excluding carboxylic acids is 1. The van der Waals surface area contributed by atoms with E-state index in [-0.39, 0.29) is 17.7 Å². The Bertz CT molecular complexity index is 1030. The Balaban J connectivity index is 1.40. The van der Waals surface area contributed by atoms with Gasteiger partial charge in [-0.05, 0) is 23.8 Å². The Hall–Kier alpha value is -2.73. The molecule has 1 saturated heterocycles. The van der Waals surface area contributed by atoms with Gasteiger partial charge in [-0.15, -0.1) is 10.2 Å². The summed E-state index contributed by atoms with van der Waals surface area (Å²) in [5, 5.41) is 18.1. The second-order valence-electron chi connectivity index (χ2n) is 6.45. The number of methoxy groups -OCH3 is 1. The van der Waals surface area contributed by atoms with Crippen LogP contribution in [0.4, 0.5) is 0 Å². The normalized spacial score (nSPS) is 18.9. The Labute approximate surface area is 181 Å². The van der Waals surface area contributed by atoms with Gasteiger partial charge in [-0.1, -0.05) is 35.5 Å². The fourth-order valence-corrected chi connectivity index (χ4v) is 3.82. The van der Waals surface area contributed by atoms with E-state index in [1.54, 1.807) is 27.9 Å². The van der Waals surface area contributed by atoms with Gasteiger partial charge in [0.2, 0.25) is 5.16 Å². The van der Waals surface area contributed by atoms with Crippen LogP contribution in [0.3, 0.4) is 0 Å². The summed E-state index contributed by atoms with van der Waals surface area (Å²) in [5.74, 6) is 0.117. The molecule has 1 aromatic carbocycles. The number of aromatic nitrogens is 5. The molecule has 10 nitrogen and oxygen atoms in total. The van der Waals surface area contributed by atoms with E-state index in [0.717, 1.165) is 12.1 Å². The van der Waals surface area contributed by atoms with Gasteiger partial charge in [-0.2, -0.15) is 14.9 Å². The molecule has 1 aliphatic heterocycles. The minimum absolute atomic E-state index is 0.0828. The van der Waals surface area contributed by atoms with E-state index in [2.05, 4.69) is 36.0 Å². The van der Waals surface area contributed by atoms with Crippen LogP contribution < -0.4 is 10.9 Å². The van der Waals surface area contributed by atoms with Gasteiger partial charge in [-0.25, -0.2) is 10.2 Å². The zero-order valence-corrected chi connectivity index (χ0v) is 17.5. The van der Waals surface area contributed by atoms with Gasteiger partial charge in [0.25, 0.3) is 0 Å². The second-order valence-corrected chi connectivity index (χ2v) is 7.79. The highest BCUT2D eigenvalue weighted by atomic mass is 35.5. The minimum atomic E-state index is -0.472. The van der Waals surface area contributed by atoms with E-state index in [9.17, 15) is 4.79 Å². The van der Waals surface area contributed by atoms with E-state index in [1.807, 2.05) is 30.5 Å². The van der Waals surface area contributed by atoms with Crippen LogP contribution in [0.15, 0.2) is 53.1 Å². The van der Waals surface area contributed by atoms with Crippen molar-refractivity contribution in [3.05, 3.63) is 59.1 Å². The maximum absolute atomic E-state index is 11.5. The highest BCUT2D eigenvalue weighted by Gasteiger charge is 2.27. The van der Waals surface area contributed by atoms with Crippen LogP contribution in [-0.2, 0) is 10.6 Å². The predicted molar refractivity (Wildman–Crippen MR) is 112 cm³/mol. The van der Waals surface area contributed by atoms with E-state index in [0.29, 0.717) is 16.1 Å². The second kappa shape index (κ2) is 9.39. The summed E-state index contributed by atoms with van der Waals surface area (Å²) in [6.45, 7) is 0.741. The summed E-state index contributed by atoms with van der Waals surface area (Å²) in [6.07, 6.45) is 5.13. The predicted octanol–water partition coefficient (Wildman–Crippen LogP) is 1.96. The molecule has 0 spiro atoms. The van der Waals surface area contributed by atoms with Crippen LogP contribution in [0.2, 0.25) is 5.02 Å². The maximum Gasteiger partial charge on any atom is 0.358 e. The number of esters is 1. The largest absolute Gasteiger partial charge is 0.464 e. The molecule has 4 rings (SSSR count). The number of nitrogens with zero attached hydrogens (tertiary/aromatic N) is 6. The maximum atomic E-state index is 11.5. The van der Waals surface area contributed by atoms with Gasteiger partial charge >= 0.3 is 5.97 Å². The van der Waals surface area contributed by atoms with Gasteiger partial charge in [0.1, 0.15) is 6.33 Å². The van der Waals surface area contributed by atoms with Crippen molar-refractivity contribution in [2.24, 2.45) is 11.0 Å². The molecule has 2 aromatic heterocycles. The van der Waals surface area contributed by atoms with Crippen LogP contribution in [0.5, 0.6) is 0 Å². The average molecular weight is 447 g/mol. The van der Waals surface area contributed by atoms with Gasteiger partial charge < -0.3 is 4.74 Å². The van der Waals surface area contributed by atoms with Crippen molar-refractivity contribution < 1.29 is 9.53 Å². The number of nitrogens with one attached hydrogen (secondary N) is 2. The summed E-state index contributed by atoms with van der Waals surface area (Å²) in [7, 11) is 1.32. The number of halogens is 1. The molecule has 1 fully saturated rings. The lowest BCUT2D eigenvalue weighted by atomic mass is 9.96. The lowest BCUT2D eigenvalue weighted by molar-refractivity contribution is 0.0593. The summed E-state index contributed by atoms with van der Waals surface area (Å²) in [4.78, 5) is 11.5. The molecule has 2 atom stereocenters. The number of hydrogen-bond acceptors (Lipinski definition) is 9. The van der Waals surface area contributed by atoms with Crippen molar-refractivity contribution in [1.82, 2.24) is 35.5 Å². The van der Waals surface area contributed by atoms with Crippen molar-refractivity contribution in [1.29, 1.82) is 0 Å². The molecule has 156 valence electrons. The van der Waals surface area contributed by atoms with Gasteiger partial charge in [0.15, 0.2) is 5.69 Å². The number of hydrazine groups is 1. The molecular weight excluding hydrogens is 428 g/mol. The molecule has 0 radical (unpaired) electrons. The third kappa shape index (κ3) is 4.70. The van der Waals surface area contributed by atoms with Crippen molar-refractivity contribution >= 4 is 35.5 Å². The third-order valence-corrected chi connectivity index (χ3v) is 5.67. The van der Waals surface area contributed by atoms with Crippen molar-refractivity contribution in [2.45, 2.75) is 17.1 Å². The van der Waals surface area contributed by atoms with Crippen molar-refractivity contribution in [2.75, 3.05) is 13.7 Å². The monoisotopic (exact) mass is 446 g/mol. The number of rotatable bonds is 7. The molecule has 2 unspecified atom stereocenters. The SMILES string of the molecule is COC(=O)c1ccn(CSc2nncn2/N=C/C2CNNC2c2ccc(Cl)cc2)n1. The first-order chi connectivity index (χ1) is 14.6. The molecule has 12 heteroatoms. The van der Waals surface area contributed by atoms with Gasteiger partial charge in [0.05, 0.1) is 19.0 Å². The standard InChI is InChI=1S/C18H19ClN8O2S/c1-29-17(28)15-6-7-26(25-15)11-30-18-24-21-10-27(18)22-9-13-8-20-23-16(13)12-2-4-14(19)5-3-12/h2-7,9-10,13,16,20,23H,8,11H2,1H3/b22-9+. The molecular formula is C18H19ClN8O2S. The highest BCUT2D eigenvalue weighted by Crippen LogP contribution is 2.25. The molecule has 0 aliphatic carbocycles. The summed E-state index contributed by atoms with van der Waals surface area (Å²) in [6, 6.07) is 9.44. The van der Waals surface area contributed by atoms with E-state index >= 15 is 0 Å². The Kier molecular flexibility index (Phi) is 6.43. The molecule has 3 heterocycles. The first-order valence-corrected chi connectivity index (χ1v) is 10.4. The fourth-order valence-electron chi connectivity index (χ4n) is 2.97. The van der Waals surface area contributed by atoms with Gasteiger partial charge in [-0.3, -0.25) is 10.1 Å². The number of ether oxygens (including phenoxy) is 1. The third-order valence-electron chi connectivity index (χ3n) is 4.50. The quantitative estimate of drug-likeness (QED) is 0.322. The molecule has 2 N–H and O–H groups in total. The number of benzene rings is 1. The van der Waals surface area contributed by atoms with Crippen LogP contribution >= 0.6 is 23.4 Å². The fraction of sp³-hybridized carbons (Fsp3) is 0.278. The Morgan fingerprint density at radius 2 is 2.23 bits per heavy atom. The van der Waals surface area contributed by atoms with E-state index in [4.69, 9.17) is 11.6 Å². The molecule has 0 bridgehead atoms. The summed E-state index contributed by atoms with van der Waals surface area (Å²) >= 11 is 7.39. The molecule has 0 saturated carbocycles. The first-order valence-electron chi connectivity index (χ1n) is 9.07. The lowest BCUT2D eigenvalue weighted by Gasteiger charge is -2.15. The summed E-state index contributed by atoms with van der Waals surface area (Å²) < 4.78 is 7.91. The minimum Gasteiger partial charge on any atom is -0.464 e. The zero-order valence-electron chi connectivity index (χ0n) is 16.0. The van der Waals surface area contributed by atoms with Crippen molar-refractivity contribution in [3.63, 3.8) is 0 Å².